The lowest BCUT2D eigenvalue weighted by atomic mass is 9.82. The van der Waals surface area contributed by atoms with E-state index in [4.69, 9.17) is 4.52 Å². The summed E-state index contributed by atoms with van der Waals surface area (Å²) >= 11 is 0. The van der Waals surface area contributed by atoms with Gasteiger partial charge in [0.1, 0.15) is 0 Å². The Kier molecular flexibility index (Phi) is 5.86. The van der Waals surface area contributed by atoms with Gasteiger partial charge in [0.25, 0.3) is 11.7 Å². The average molecular weight is 538 g/mol. The number of benzene rings is 2. The van der Waals surface area contributed by atoms with Crippen molar-refractivity contribution in [1.29, 1.82) is 0 Å². The number of anilines is 1. The normalized spacial score (nSPS) is 18.4. The van der Waals surface area contributed by atoms with Gasteiger partial charge in [0.2, 0.25) is 17.4 Å². The quantitative estimate of drug-likeness (QED) is 0.364. The molecule has 0 bridgehead atoms. The third kappa shape index (κ3) is 4.06. The van der Waals surface area contributed by atoms with Crippen molar-refractivity contribution < 1.29 is 14.1 Å². The molecule has 1 aliphatic heterocycles. The molecule has 0 saturated carbocycles. The fourth-order valence-electron chi connectivity index (χ4n) is 5.32. The molecule has 11 heteroatoms. The van der Waals surface area contributed by atoms with Crippen LogP contribution in [0.3, 0.4) is 0 Å². The van der Waals surface area contributed by atoms with Crippen molar-refractivity contribution in [3.05, 3.63) is 101 Å². The largest absolute Gasteiger partial charge is 0.343 e. The first-order valence-electron chi connectivity index (χ1n) is 12.8. The van der Waals surface area contributed by atoms with E-state index in [1.807, 2.05) is 62.4 Å². The smallest absolute Gasteiger partial charge is 0.293 e. The van der Waals surface area contributed by atoms with Crippen LogP contribution in [-0.4, -0.2) is 42.3 Å². The fraction of sp³-hybridized carbons (Fsp3) is 0.241. The summed E-state index contributed by atoms with van der Waals surface area (Å²) in [5, 5.41) is 12.1. The first-order chi connectivity index (χ1) is 19.1. The Morgan fingerprint density at radius 1 is 1.02 bits per heavy atom. The number of hydrogen-bond donors (Lipinski definition) is 1. The van der Waals surface area contributed by atoms with Crippen LogP contribution in [-0.2, 0) is 11.8 Å². The molecule has 202 valence electrons. The van der Waals surface area contributed by atoms with Gasteiger partial charge in [0.15, 0.2) is 0 Å². The molecular formula is C29H27N7O4. The lowest BCUT2D eigenvalue weighted by molar-refractivity contribution is -0.124. The minimum Gasteiger partial charge on any atom is -0.343 e. The molecule has 6 rings (SSSR count). The van der Waals surface area contributed by atoms with Gasteiger partial charge in [0, 0.05) is 37.3 Å². The van der Waals surface area contributed by atoms with Gasteiger partial charge in [-0.15, -0.1) is 0 Å². The minimum absolute atomic E-state index is 0.0849. The summed E-state index contributed by atoms with van der Waals surface area (Å²) in [5.41, 5.74) is 2.04. The van der Waals surface area contributed by atoms with Gasteiger partial charge in [-0.05, 0) is 43.7 Å². The molecule has 0 spiro atoms. The van der Waals surface area contributed by atoms with Crippen LogP contribution in [0.4, 0.5) is 5.69 Å². The number of aromatic nitrogens is 5. The first-order valence-corrected chi connectivity index (χ1v) is 12.8. The van der Waals surface area contributed by atoms with Crippen molar-refractivity contribution in [2.24, 2.45) is 12.5 Å². The van der Waals surface area contributed by atoms with E-state index in [9.17, 15) is 14.4 Å². The van der Waals surface area contributed by atoms with Gasteiger partial charge < -0.3 is 19.3 Å². The lowest BCUT2D eigenvalue weighted by Gasteiger charge is -2.30. The highest BCUT2D eigenvalue weighted by Gasteiger charge is 2.55. The third-order valence-electron chi connectivity index (χ3n) is 7.44. The summed E-state index contributed by atoms with van der Waals surface area (Å²) in [6.45, 7) is 5.26. The summed E-state index contributed by atoms with van der Waals surface area (Å²) in [5.74, 6) is -0.460. The number of amides is 2. The molecule has 1 saturated heterocycles. The molecule has 2 atom stereocenters. The Bertz CT molecular complexity index is 1820. The highest BCUT2D eigenvalue weighted by Crippen LogP contribution is 2.47. The van der Waals surface area contributed by atoms with E-state index >= 15 is 0 Å². The Hall–Kier alpha value is -5.06. The van der Waals surface area contributed by atoms with Crippen LogP contribution >= 0.6 is 0 Å². The van der Waals surface area contributed by atoms with Crippen molar-refractivity contribution in [3.63, 3.8) is 0 Å². The van der Waals surface area contributed by atoms with E-state index in [0.29, 0.717) is 5.69 Å². The van der Waals surface area contributed by atoms with Crippen LogP contribution in [0, 0.1) is 12.3 Å². The van der Waals surface area contributed by atoms with Gasteiger partial charge in [-0.3, -0.25) is 14.4 Å². The van der Waals surface area contributed by atoms with Gasteiger partial charge in [-0.25, -0.2) is 4.68 Å². The van der Waals surface area contributed by atoms with Crippen molar-refractivity contribution in [2.45, 2.75) is 32.9 Å². The van der Waals surface area contributed by atoms with Crippen molar-refractivity contribution in [1.82, 2.24) is 29.8 Å². The summed E-state index contributed by atoms with van der Waals surface area (Å²) in [7, 11) is 1.69. The highest BCUT2D eigenvalue weighted by atomic mass is 16.5. The number of aryl methyl sites for hydroxylation is 2. The zero-order valence-corrected chi connectivity index (χ0v) is 22.4. The number of carbonyl (C=O) groups is 2. The Morgan fingerprint density at radius 3 is 2.48 bits per heavy atom. The average Bonchev–Trinajstić information content (AvgIpc) is 3.62. The molecule has 0 unspecified atom stereocenters. The van der Waals surface area contributed by atoms with Crippen LogP contribution in [0.15, 0.2) is 82.4 Å². The summed E-state index contributed by atoms with van der Waals surface area (Å²) in [6.07, 6.45) is 3.45. The van der Waals surface area contributed by atoms with Gasteiger partial charge >= 0.3 is 0 Å². The SMILES string of the molecule is Cc1nc(C(=O)N[C@H]2[C@H](c3ccccc3)N(c3ccc4c(cnn4-c4ccc(=O)n(C)c4)c3)C(=O)C2(C)C)no1. The monoisotopic (exact) mass is 537 g/mol. The fourth-order valence-corrected chi connectivity index (χ4v) is 5.32. The van der Waals surface area contributed by atoms with Crippen LogP contribution in [0.1, 0.15) is 42.0 Å². The molecule has 4 heterocycles. The summed E-state index contributed by atoms with van der Waals surface area (Å²) in [6, 6.07) is 17.4. The maximum Gasteiger partial charge on any atom is 0.293 e. The van der Waals surface area contributed by atoms with Gasteiger partial charge in [-0.2, -0.15) is 10.1 Å². The standard InChI is InChI=1S/C29H27N7O4/c1-17-31-26(33-40-17)27(38)32-25-24(18-8-6-5-7-9-18)35(28(39)29(25,2)3)20-10-12-22-19(14-20)15-30-36(22)21-11-13-23(37)34(4)16-21/h5-16,24-25H,1-4H3,(H,32,38)/t24-,25-/m0/s1. The Balaban J connectivity index is 1.43. The molecule has 1 N–H and O–H groups in total. The molecule has 11 nitrogen and oxygen atoms in total. The summed E-state index contributed by atoms with van der Waals surface area (Å²) < 4.78 is 8.23. The predicted molar refractivity (Wildman–Crippen MR) is 147 cm³/mol. The molecule has 1 fully saturated rings. The van der Waals surface area contributed by atoms with Crippen molar-refractivity contribution in [2.75, 3.05) is 4.90 Å². The van der Waals surface area contributed by atoms with Crippen LogP contribution in [0.25, 0.3) is 16.6 Å². The molecule has 2 amide bonds. The predicted octanol–water partition coefficient (Wildman–Crippen LogP) is 3.33. The number of carbonyl (C=O) groups excluding carboxylic acids is 2. The maximum absolute atomic E-state index is 14.0. The van der Waals surface area contributed by atoms with Crippen molar-refractivity contribution >= 4 is 28.4 Å². The van der Waals surface area contributed by atoms with Crippen LogP contribution in [0.5, 0.6) is 0 Å². The second-order valence-electron chi connectivity index (χ2n) is 10.5. The van der Waals surface area contributed by atoms with Crippen LogP contribution < -0.4 is 15.8 Å². The highest BCUT2D eigenvalue weighted by molar-refractivity contribution is 6.04. The third-order valence-corrected chi connectivity index (χ3v) is 7.44. The van der Waals surface area contributed by atoms with E-state index in [0.717, 1.165) is 22.2 Å². The molecular weight excluding hydrogens is 510 g/mol. The number of nitrogens with one attached hydrogen (secondary N) is 1. The number of hydrogen-bond acceptors (Lipinski definition) is 7. The topological polar surface area (TPSA) is 128 Å². The molecule has 2 aromatic carbocycles. The zero-order chi connectivity index (χ0) is 28.2. The molecule has 5 aromatic rings. The van der Waals surface area contributed by atoms with E-state index in [1.165, 1.54) is 10.6 Å². The Morgan fingerprint density at radius 2 is 1.77 bits per heavy atom. The molecule has 0 radical (unpaired) electrons. The van der Waals surface area contributed by atoms with E-state index in [1.54, 1.807) is 42.0 Å². The number of fused-ring (bicyclic) bond motifs is 1. The number of nitrogens with zero attached hydrogens (tertiary/aromatic N) is 6. The van der Waals surface area contributed by atoms with E-state index < -0.39 is 23.4 Å². The van der Waals surface area contributed by atoms with Gasteiger partial charge in [-0.1, -0.05) is 35.5 Å². The molecule has 40 heavy (non-hydrogen) atoms. The van der Waals surface area contributed by atoms with Crippen molar-refractivity contribution in [3.8, 4) is 5.69 Å². The van der Waals surface area contributed by atoms with E-state index in [2.05, 4.69) is 20.6 Å². The Labute approximate surface area is 229 Å². The number of rotatable bonds is 5. The van der Waals surface area contributed by atoms with E-state index in [-0.39, 0.29) is 23.2 Å². The second-order valence-corrected chi connectivity index (χ2v) is 10.5. The van der Waals surface area contributed by atoms with Gasteiger partial charge in [0.05, 0.1) is 34.9 Å². The molecule has 3 aromatic heterocycles. The first kappa shape index (κ1) is 25.2. The maximum atomic E-state index is 14.0. The van der Waals surface area contributed by atoms with Crippen LogP contribution in [0.2, 0.25) is 0 Å². The summed E-state index contributed by atoms with van der Waals surface area (Å²) in [4.78, 5) is 44.8. The number of pyridine rings is 1. The lowest BCUT2D eigenvalue weighted by Crippen LogP contribution is -2.46. The minimum atomic E-state index is -0.955. The zero-order valence-electron chi connectivity index (χ0n) is 22.4. The second kappa shape index (κ2) is 9.30. The molecule has 0 aliphatic carbocycles. The molecule has 1 aliphatic rings.